The maximum absolute atomic E-state index is 13.0. The number of nitrogens with two attached hydrogens (primary N) is 2. The maximum Gasteiger partial charge on any atom is 0.419 e. The number of alkyl halides is 6. The standard InChI is InChI=1S/C14H10F6N2/c15-13(16,17)9-6-8(7-4-2-1-3-5-7)11(21)12(22)10(9)14(18,19)20/h1-6H,21-22H2. The van der Waals surface area contributed by atoms with Gasteiger partial charge in [-0.25, -0.2) is 0 Å². The van der Waals surface area contributed by atoms with Crippen LogP contribution in [0.25, 0.3) is 11.1 Å². The van der Waals surface area contributed by atoms with E-state index in [1.54, 1.807) is 6.07 Å². The minimum absolute atomic E-state index is 0.196. The topological polar surface area (TPSA) is 52.0 Å². The second-order valence-electron chi connectivity index (χ2n) is 4.54. The van der Waals surface area contributed by atoms with Crippen molar-refractivity contribution in [2.75, 3.05) is 11.5 Å². The number of halogens is 6. The van der Waals surface area contributed by atoms with Crippen LogP contribution in [0.4, 0.5) is 37.7 Å². The number of hydrogen-bond donors (Lipinski definition) is 2. The molecular weight excluding hydrogens is 310 g/mol. The molecule has 8 heteroatoms. The Hall–Kier alpha value is -2.38. The predicted octanol–water partition coefficient (Wildman–Crippen LogP) is 4.56. The van der Waals surface area contributed by atoms with Crippen LogP contribution in [-0.2, 0) is 12.4 Å². The monoisotopic (exact) mass is 320 g/mol. The van der Waals surface area contributed by atoms with Crippen molar-refractivity contribution >= 4 is 11.4 Å². The van der Waals surface area contributed by atoms with Crippen LogP contribution in [0.2, 0.25) is 0 Å². The van der Waals surface area contributed by atoms with E-state index in [0.29, 0.717) is 6.07 Å². The minimum Gasteiger partial charge on any atom is -0.397 e. The zero-order chi connectivity index (χ0) is 16.7. The Bertz CT molecular complexity index is 689. The molecule has 0 aromatic heterocycles. The number of rotatable bonds is 1. The molecule has 4 N–H and O–H groups in total. The first kappa shape index (κ1) is 16.0. The molecule has 0 radical (unpaired) electrons. The van der Waals surface area contributed by atoms with E-state index in [4.69, 9.17) is 11.5 Å². The number of nitrogen functional groups attached to an aromatic ring is 2. The number of hydrogen-bond acceptors (Lipinski definition) is 2. The molecule has 0 atom stereocenters. The molecular formula is C14H10F6N2. The SMILES string of the molecule is Nc1c(-c2ccccc2)cc(C(F)(F)F)c(C(F)(F)F)c1N. The second-order valence-corrected chi connectivity index (χ2v) is 4.54. The van der Waals surface area contributed by atoms with Gasteiger partial charge in [-0.05, 0) is 11.6 Å². The summed E-state index contributed by atoms with van der Waals surface area (Å²) < 4.78 is 77.7. The van der Waals surface area contributed by atoms with E-state index in [1.807, 2.05) is 0 Å². The molecule has 2 nitrogen and oxygen atoms in total. The highest BCUT2D eigenvalue weighted by Gasteiger charge is 2.45. The molecule has 118 valence electrons. The third-order valence-electron chi connectivity index (χ3n) is 3.08. The molecule has 0 fully saturated rings. The lowest BCUT2D eigenvalue weighted by molar-refractivity contribution is -0.161. The van der Waals surface area contributed by atoms with E-state index in [-0.39, 0.29) is 11.1 Å². The summed E-state index contributed by atoms with van der Waals surface area (Å²) >= 11 is 0. The Kier molecular flexibility index (Phi) is 3.72. The average Bonchev–Trinajstić information content (AvgIpc) is 2.39. The molecule has 0 aliphatic rings. The van der Waals surface area contributed by atoms with Gasteiger partial charge in [-0.3, -0.25) is 0 Å². The van der Waals surface area contributed by atoms with Crippen molar-refractivity contribution in [1.82, 2.24) is 0 Å². The van der Waals surface area contributed by atoms with Gasteiger partial charge in [0.1, 0.15) is 0 Å². The van der Waals surface area contributed by atoms with E-state index >= 15 is 0 Å². The summed E-state index contributed by atoms with van der Waals surface area (Å²) in [6.07, 6.45) is -10.5. The Morgan fingerprint density at radius 2 is 1.27 bits per heavy atom. The summed E-state index contributed by atoms with van der Waals surface area (Å²) in [6.45, 7) is 0. The first-order chi connectivity index (χ1) is 10.0. The number of anilines is 2. The molecule has 0 unspecified atom stereocenters. The van der Waals surface area contributed by atoms with E-state index in [2.05, 4.69) is 0 Å². The number of benzene rings is 2. The van der Waals surface area contributed by atoms with Crippen LogP contribution < -0.4 is 11.5 Å². The molecule has 0 saturated carbocycles. The Morgan fingerprint density at radius 1 is 0.727 bits per heavy atom. The van der Waals surface area contributed by atoms with Gasteiger partial charge in [0.25, 0.3) is 0 Å². The highest BCUT2D eigenvalue weighted by molar-refractivity contribution is 5.87. The normalized spacial score (nSPS) is 12.5. The first-order valence-corrected chi connectivity index (χ1v) is 5.95. The molecule has 0 aliphatic carbocycles. The smallest absolute Gasteiger partial charge is 0.397 e. The summed E-state index contributed by atoms with van der Waals surface area (Å²) in [6, 6.07) is 7.89. The van der Waals surface area contributed by atoms with E-state index in [1.165, 1.54) is 24.3 Å². The van der Waals surface area contributed by atoms with Gasteiger partial charge in [-0.15, -0.1) is 0 Å². The lowest BCUT2D eigenvalue weighted by Gasteiger charge is -2.21. The third-order valence-corrected chi connectivity index (χ3v) is 3.08. The molecule has 2 aromatic rings. The van der Waals surface area contributed by atoms with Crippen LogP contribution in [0.3, 0.4) is 0 Å². The molecule has 0 aliphatic heterocycles. The van der Waals surface area contributed by atoms with Crippen molar-refractivity contribution in [2.24, 2.45) is 0 Å². The van der Waals surface area contributed by atoms with Crippen LogP contribution in [0.1, 0.15) is 11.1 Å². The van der Waals surface area contributed by atoms with Crippen LogP contribution in [0.5, 0.6) is 0 Å². The van der Waals surface area contributed by atoms with E-state index in [9.17, 15) is 26.3 Å². The van der Waals surface area contributed by atoms with Gasteiger partial charge in [0.05, 0.1) is 22.5 Å². The maximum atomic E-state index is 13.0. The Morgan fingerprint density at radius 3 is 1.73 bits per heavy atom. The van der Waals surface area contributed by atoms with Crippen molar-refractivity contribution in [3.63, 3.8) is 0 Å². The van der Waals surface area contributed by atoms with Gasteiger partial charge in [0, 0.05) is 5.56 Å². The average molecular weight is 320 g/mol. The van der Waals surface area contributed by atoms with Crippen LogP contribution in [0.15, 0.2) is 36.4 Å². The lowest BCUT2D eigenvalue weighted by atomic mass is 9.94. The van der Waals surface area contributed by atoms with Crippen molar-refractivity contribution in [3.05, 3.63) is 47.5 Å². The Balaban J connectivity index is 2.84. The fourth-order valence-corrected chi connectivity index (χ4v) is 2.10. The highest BCUT2D eigenvalue weighted by atomic mass is 19.4. The van der Waals surface area contributed by atoms with E-state index in [0.717, 1.165) is 0 Å². The predicted molar refractivity (Wildman–Crippen MR) is 70.7 cm³/mol. The van der Waals surface area contributed by atoms with Gasteiger partial charge in [-0.2, -0.15) is 26.3 Å². The molecule has 0 heterocycles. The highest BCUT2D eigenvalue weighted by Crippen LogP contribution is 2.48. The summed E-state index contributed by atoms with van der Waals surface area (Å²) in [7, 11) is 0. The van der Waals surface area contributed by atoms with Crippen molar-refractivity contribution in [1.29, 1.82) is 0 Å². The summed E-state index contributed by atoms with van der Waals surface area (Å²) in [5, 5.41) is 0. The van der Waals surface area contributed by atoms with E-state index < -0.39 is 34.9 Å². The van der Waals surface area contributed by atoms with Crippen molar-refractivity contribution in [3.8, 4) is 11.1 Å². The van der Waals surface area contributed by atoms with Gasteiger partial charge >= 0.3 is 12.4 Å². The molecule has 0 bridgehead atoms. The second kappa shape index (κ2) is 5.11. The molecule has 22 heavy (non-hydrogen) atoms. The minimum atomic E-state index is -5.27. The fraction of sp³-hybridized carbons (Fsp3) is 0.143. The molecule has 0 amide bonds. The molecule has 2 aromatic carbocycles. The molecule has 0 spiro atoms. The third kappa shape index (κ3) is 2.81. The van der Waals surface area contributed by atoms with Crippen LogP contribution >= 0.6 is 0 Å². The summed E-state index contributed by atoms with van der Waals surface area (Å²) in [5.41, 5.74) is 5.36. The van der Waals surface area contributed by atoms with Gasteiger partial charge < -0.3 is 11.5 Å². The fourth-order valence-electron chi connectivity index (χ4n) is 2.10. The van der Waals surface area contributed by atoms with Gasteiger partial charge in [0.15, 0.2) is 0 Å². The van der Waals surface area contributed by atoms with Gasteiger partial charge in [0.2, 0.25) is 0 Å². The quantitative estimate of drug-likeness (QED) is 0.598. The van der Waals surface area contributed by atoms with Crippen LogP contribution in [0, 0.1) is 0 Å². The summed E-state index contributed by atoms with van der Waals surface area (Å²) in [5.74, 6) is 0. The zero-order valence-electron chi connectivity index (χ0n) is 10.9. The lowest BCUT2D eigenvalue weighted by Crippen LogP contribution is -2.20. The van der Waals surface area contributed by atoms with Crippen molar-refractivity contribution < 1.29 is 26.3 Å². The van der Waals surface area contributed by atoms with Crippen molar-refractivity contribution in [2.45, 2.75) is 12.4 Å². The van der Waals surface area contributed by atoms with Gasteiger partial charge in [-0.1, -0.05) is 30.3 Å². The largest absolute Gasteiger partial charge is 0.419 e. The van der Waals surface area contributed by atoms with Crippen LogP contribution in [-0.4, -0.2) is 0 Å². The summed E-state index contributed by atoms with van der Waals surface area (Å²) in [4.78, 5) is 0. The molecule has 0 saturated heterocycles. The first-order valence-electron chi connectivity index (χ1n) is 5.95. The Labute approximate surface area is 121 Å². The molecule has 2 rings (SSSR count). The zero-order valence-corrected chi connectivity index (χ0v) is 10.9.